The maximum atomic E-state index is 8.77. The van der Waals surface area contributed by atoms with E-state index in [9.17, 15) is 0 Å². The molecule has 0 amide bonds. The largest absolute Gasteiger partial charge is 0.496 e. The third-order valence-electron chi connectivity index (χ3n) is 2.51. The first-order chi connectivity index (χ1) is 9.72. The molecule has 2 aromatic rings. The van der Waals surface area contributed by atoms with Crippen LogP contribution in [-0.2, 0) is 0 Å². The normalized spacial score (nSPS) is 10.2. The Kier molecular flexibility index (Phi) is 5.14. The molecule has 7 heteroatoms. The van der Waals surface area contributed by atoms with E-state index in [0.717, 1.165) is 15.9 Å². The predicted molar refractivity (Wildman–Crippen MR) is 81.6 cm³/mol. The topological polar surface area (TPSA) is 79.3 Å². The van der Waals surface area contributed by atoms with Crippen molar-refractivity contribution in [3.63, 3.8) is 0 Å². The number of methoxy groups -OCH3 is 1. The molecular formula is C13H15BrN4O2. The van der Waals surface area contributed by atoms with Crippen LogP contribution in [0.2, 0.25) is 0 Å². The Balaban J connectivity index is 2.11. The quantitative estimate of drug-likeness (QED) is 0.750. The molecule has 6 nitrogen and oxygen atoms in total. The lowest BCUT2D eigenvalue weighted by Crippen LogP contribution is -2.07. The van der Waals surface area contributed by atoms with Gasteiger partial charge in [-0.3, -0.25) is 0 Å². The summed E-state index contributed by atoms with van der Waals surface area (Å²) in [4.78, 5) is 8.20. The summed E-state index contributed by atoms with van der Waals surface area (Å²) in [6.45, 7) is 0.503. The number of hydrogen-bond acceptors (Lipinski definition) is 6. The summed E-state index contributed by atoms with van der Waals surface area (Å²) in [7, 11) is 1.62. The Morgan fingerprint density at radius 1 is 1.25 bits per heavy atom. The van der Waals surface area contributed by atoms with Gasteiger partial charge in [0.05, 0.1) is 18.2 Å². The third kappa shape index (κ3) is 3.82. The van der Waals surface area contributed by atoms with Crippen LogP contribution in [0.25, 0.3) is 0 Å². The van der Waals surface area contributed by atoms with Crippen LogP contribution in [0.15, 0.2) is 35.1 Å². The molecule has 1 aromatic carbocycles. The summed E-state index contributed by atoms with van der Waals surface area (Å²) in [5.41, 5.74) is 0.879. The standard InChI is InChI=1S/C13H15BrN4O2/c1-20-11-3-2-9(6-10(11)14)18-13-7-12(15-4-5-19)16-8-17-13/h2-3,6-8,19H,4-5H2,1H3,(H2,15,16,17,18). The second-order valence-electron chi connectivity index (χ2n) is 3.91. The van der Waals surface area contributed by atoms with Gasteiger partial charge in [-0.2, -0.15) is 0 Å². The van der Waals surface area contributed by atoms with Gasteiger partial charge in [-0.05, 0) is 34.1 Å². The summed E-state index contributed by atoms with van der Waals surface area (Å²) in [6, 6.07) is 7.43. The van der Waals surface area contributed by atoms with Gasteiger partial charge in [-0.25, -0.2) is 9.97 Å². The van der Waals surface area contributed by atoms with Crippen molar-refractivity contribution in [2.75, 3.05) is 30.9 Å². The Morgan fingerprint density at radius 3 is 2.75 bits per heavy atom. The molecule has 0 aliphatic rings. The minimum absolute atomic E-state index is 0.0538. The number of aliphatic hydroxyl groups excluding tert-OH is 1. The van der Waals surface area contributed by atoms with Crippen molar-refractivity contribution < 1.29 is 9.84 Å². The number of ether oxygens (including phenoxy) is 1. The maximum Gasteiger partial charge on any atom is 0.135 e. The molecule has 0 aliphatic carbocycles. The molecule has 0 fully saturated rings. The van der Waals surface area contributed by atoms with Crippen molar-refractivity contribution in [2.45, 2.75) is 0 Å². The zero-order chi connectivity index (χ0) is 14.4. The van der Waals surface area contributed by atoms with Gasteiger partial charge in [-0.15, -0.1) is 0 Å². The predicted octanol–water partition coefficient (Wildman–Crippen LogP) is 2.40. The third-order valence-corrected chi connectivity index (χ3v) is 3.13. The van der Waals surface area contributed by atoms with Crippen molar-refractivity contribution in [1.82, 2.24) is 9.97 Å². The van der Waals surface area contributed by atoms with Crippen molar-refractivity contribution in [1.29, 1.82) is 0 Å². The molecule has 0 aliphatic heterocycles. The van der Waals surface area contributed by atoms with E-state index < -0.39 is 0 Å². The van der Waals surface area contributed by atoms with Crippen LogP contribution in [0.1, 0.15) is 0 Å². The minimum Gasteiger partial charge on any atom is -0.496 e. The van der Waals surface area contributed by atoms with Gasteiger partial charge in [0, 0.05) is 18.3 Å². The second kappa shape index (κ2) is 7.06. The first-order valence-electron chi connectivity index (χ1n) is 6.00. The molecule has 20 heavy (non-hydrogen) atoms. The monoisotopic (exact) mass is 338 g/mol. The lowest BCUT2D eigenvalue weighted by Gasteiger charge is -2.09. The van der Waals surface area contributed by atoms with E-state index in [-0.39, 0.29) is 6.61 Å². The van der Waals surface area contributed by atoms with Crippen molar-refractivity contribution in [2.24, 2.45) is 0 Å². The van der Waals surface area contributed by atoms with Gasteiger partial charge in [0.25, 0.3) is 0 Å². The molecule has 1 heterocycles. The fourth-order valence-electron chi connectivity index (χ4n) is 1.60. The lowest BCUT2D eigenvalue weighted by atomic mass is 10.3. The van der Waals surface area contributed by atoms with Crippen LogP contribution < -0.4 is 15.4 Å². The number of anilines is 3. The molecule has 0 atom stereocenters. The van der Waals surface area contributed by atoms with E-state index in [0.29, 0.717) is 18.2 Å². The average molecular weight is 339 g/mol. The molecule has 2 rings (SSSR count). The van der Waals surface area contributed by atoms with Crippen LogP contribution in [0, 0.1) is 0 Å². The Hall–Kier alpha value is -1.86. The number of hydrogen-bond donors (Lipinski definition) is 3. The van der Waals surface area contributed by atoms with Crippen molar-refractivity contribution in [3.05, 3.63) is 35.1 Å². The highest BCUT2D eigenvalue weighted by Gasteiger charge is 2.03. The first kappa shape index (κ1) is 14.5. The molecule has 1 aromatic heterocycles. The molecule has 0 unspecified atom stereocenters. The van der Waals surface area contributed by atoms with E-state index in [1.807, 2.05) is 18.2 Å². The van der Waals surface area contributed by atoms with Gasteiger partial charge >= 0.3 is 0 Å². The van der Waals surface area contributed by atoms with Crippen LogP contribution in [-0.4, -0.2) is 35.3 Å². The van der Waals surface area contributed by atoms with E-state index in [2.05, 4.69) is 36.5 Å². The zero-order valence-electron chi connectivity index (χ0n) is 10.9. The summed E-state index contributed by atoms with van der Waals surface area (Å²) in [6.07, 6.45) is 1.46. The molecule has 0 radical (unpaired) electrons. The first-order valence-corrected chi connectivity index (χ1v) is 6.79. The SMILES string of the molecule is COc1ccc(Nc2cc(NCCO)ncn2)cc1Br. The fourth-order valence-corrected chi connectivity index (χ4v) is 2.14. The highest BCUT2D eigenvalue weighted by Crippen LogP contribution is 2.29. The molecule has 106 valence electrons. The van der Waals surface area contributed by atoms with Gasteiger partial charge in [0.15, 0.2) is 0 Å². The summed E-state index contributed by atoms with van der Waals surface area (Å²) < 4.78 is 6.04. The van der Waals surface area contributed by atoms with E-state index in [1.165, 1.54) is 6.33 Å². The Labute approximate surface area is 125 Å². The second-order valence-corrected chi connectivity index (χ2v) is 4.77. The smallest absolute Gasteiger partial charge is 0.135 e. The molecule has 0 saturated heterocycles. The fraction of sp³-hybridized carbons (Fsp3) is 0.231. The Morgan fingerprint density at radius 2 is 2.05 bits per heavy atom. The summed E-state index contributed by atoms with van der Waals surface area (Å²) >= 11 is 3.43. The molecular weight excluding hydrogens is 324 g/mol. The maximum absolute atomic E-state index is 8.77. The van der Waals surface area contributed by atoms with Gasteiger partial charge < -0.3 is 20.5 Å². The van der Waals surface area contributed by atoms with Crippen LogP contribution in [0.3, 0.4) is 0 Å². The average Bonchev–Trinajstić information content (AvgIpc) is 2.46. The van der Waals surface area contributed by atoms with E-state index in [1.54, 1.807) is 13.2 Å². The number of halogens is 1. The summed E-state index contributed by atoms with van der Waals surface area (Å²) in [5, 5.41) is 14.9. The summed E-state index contributed by atoms with van der Waals surface area (Å²) in [5.74, 6) is 2.09. The molecule has 0 saturated carbocycles. The number of aromatic nitrogens is 2. The van der Waals surface area contributed by atoms with Crippen LogP contribution in [0.4, 0.5) is 17.3 Å². The number of aliphatic hydroxyl groups is 1. The molecule has 0 spiro atoms. The molecule has 3 N–H and O–H groups in total. The van der Waals surface area contributed by atoms with E-state index in [4.69, 9.17) is 9.84 Å². The van der Waals surface area contributed by atoms with Crippen molar-refractivity contribution >= 4 is 33.3 Å². The van der Waals surface area contributed by atoms with Gasteiger partial charge in [0.2, 0.25) is 0 Å². The highest BCUT2D eigenvalue weighted by molar-refractivity contribution is 9.10. The Bertz CT molecular complexity index is 580. The lowest BCUT2D eigenvalue weighted by molar-refractivity contribution is 0.311. The van der Waals surface area contributed by atoms with Gasteiger partial charge in [-0.1, -0.05) is 0 Å². The minimum atomic E-state index is 0.0538. The highest BCUT2D eigenvalue weighted by atomic mass is 79.9. The number of nitrogens with one attached hydrogen (secondary N) is 2. The number of benzene rings is 1. The zero-order valence-corrected chi connectivity index (χ0v) is 12.5. The van der Waals surface area contributed by atoms with Crippen molar-refractivity contribution in [3.8, 4) is 5.75 Å². The van der Waals surface area contributed by atoms with Crippen LogP contribution >= 0.6 is 15.9 Å². The molecule has 0 bridgehead atoms. The number of nitrogens with zero attached hydrogens (tertiary/aromatic N) is 2. The number of rotatable bonds is 6. The van der Waals surface area contributed by atoms with Crippen LogP contribution in [0.5, 0.6) is 5.75 Å². The van der Waals surface area contributed by atoms with Gasteiger partial charge in [0.1, 0.15) is 23.7 Å². The van der Waals surface area contributed by atoms with E-state index >= 15 is 0 Å².